The van der Waals surface area contributed by atoms with Gasteiger partial charge in [0.2, 0.25) is 5.91 Å². The number of carbonyl (C=O) groups is 3. The molecular formula is C19H18ClN3O5S2. The predicted octanol–water partition coefficient (Wildman–Crippen LogP) is 2.67. The zero-order valence-corrected chi connectivity index (χ0v) is 18.3. The smallest absolute Gasteiger partial charge is 0.263 e. The maximum Gasteiger partial charge on any atom is 0.263 e. The molecule has 0 saturated carbocycles. The van der Waals surface area contributed by atoms with Gasteiger partial charge in [-0.25, -0.2) is 8.42 Å². The van der Waals surface area contributed by atoms with Crippen LogP contribution in [0.25, 0.3) is 0 Å². The van der Waals surface area contributed by atoms with Gasteiger partial charge in [0.15, 0.2) is 0 Å². The summed E-state index contributed by atoms with van der Waals surface area (Å²) in [5.41, 5.74) is 0.743. The van der Waals surface area contributed by atoms with Gasteiger partial charge in [0.25, 0.3) is 21.8 Å². The molecule has 3 amide bonds. The third kappa shape index (κ3) is 3.53. The second kappa shape index (κ2) is 7.77. The minimum absolute atomic E-state index is 0.183. The van der Waals surface area contributed by atoms with Crippen molar-refractivity contribution in [1.82, 2.24) is 9.21 Å². The van der Waals surface area contributed by atoms with Gasteiger partial charge in [0.05, 0.1) is 21.2 Å². The first-order valence-electron chi connectivity index (χ1n) is 9.22. The lowest BCUT2D eigenvalue weighted by atomic mass is 9.96. The number of thiophene rings is 1. The van der Waals surface area contributed by atoms with Crippen LogP contribution < -0.4 is 5.32 Å². The number of sulfonamides is 1. The molecule has 11 heteroatoms. The lowest BCUT2D eigenvalue weighted by molar-refractivity contribution is -0.120. The van der Waals surface area contributed by atoms with Crippen LogP contribution in [0.3, 0.4) is 0 Å². The molecule has 2 aromatic rings. The Morgan fingerprint density at radius 3 is 2.47 bits per heavy atom. The van der Waals surface area contributed by atoms with Gasteiger partial charge < -0.3 is 5.32 Å². The van der Waals surface area contributed by atoms with Gasteiger partial charge in [-0.15, -0.1) is 11.3 Å². The number of carbonyl (C=O) groups excluding carboxylic acids is 3. The molecule has 3 heterocycles. The number of piperidine rings is 1. The zero-order valence-electron chi connectivity index (χ0n) is 15.9. The number of benzene rings is 1. The minimum Gasteiger partial charge on any atom is -0.325 e. The molecule has 0 radical (unpaired) electrons. The highest BCUT2D eigenvalue weighted by Crippen LogP contribution is 2.32. The molecule has 1 saturated heterocycles. The number of halogens is 1. The molecule has 1 aromatic heterocycles. The first-order valence-corrected chi connectivity index (χ1v) is 11.9. The first-order chi connectivity index (χ1) is 14.2. The topological polar surface area (TPSA) is 104 Å². The highest BCUT2D eigenvalue weighted by molar-refractivity contribution is 7.91. The van der Waals surface area contributed by atoms with E-state index in [1.165, 1.54) is 17.4 Å². The Balaban J connectivity index is 1.44. The van der Waals surface area contributed by atoms with Gasteiger partial charge in [-0.3, -0.25) is 19.3 Å². The van der Waals surface area contributed by atoms with E-state index in [1.54, 1.807) is 24.3 Å². The Hall–Kier alpha value is -2.27. The van der Waals surface area contributed by atoms with Crippen molar-refractivity contribution in [1.29, 1.82) is 0 Å². The number of hydrogen-bond donors (Lipinski definition) is 1. The van der Waals surface area contributed by atoms with E-state index >= 15 is 0 Å². The fourth-order valence-corrected chi connectivity index (χ4v) is 6.77. The largest absolute Gasteiger partial charge is 0.325 e. The summed E-state index contributed by atoms with van der Waals surface area (Å²) in [5.74, 6) is -1.56. The molecule has 8 nitrogen and oxygen atoms in total. The molecule has 1 aromatic carbocycles. The highest BCUT2D eigenvalue weighted by atomic mass is 35.5. The third-order valence-corrected chi connectivity index (χ3v) is 8.94. The molecule has 0 atom stereocenters. The van der Waals surface area contributed by atoms with Crippen molar-refractivity contribution in [3.05, 3.63) is 45.8 Å². The lowest BCUT2D eigenvalue weighted by Gasteiger charge is -2.30. The number of nitrogens with zero attached hydrogens (tertiary/aromatic N) is 2. The van der Waals surface area contributed by atoms with Gasteiger partial charge in [-0.05, 0) is 37.1 Å². The Bertz CT molecular complexity index is 1150. The predicted molar refractivity (Wildman–Crippen MR) is 112 cm³/mol. The summed E-state index contributed by atoms with van der Waals surface area (Å²) in [6.07, 6.45) is 0.706. The van der Waals surface area contributed by atoms with Crippen molar-refractivity contribution in [2.45, 2.75) is 17.1 Å². The molecule has 158 valence electrons. The van der Waals surface area contributed by atoms with Crippen LogP contribution in [-0.2, 0) is 14.8 Å². The maximum atomic E-state index is 12.8. The fourth-order valence-electron chi connectivity index (χ4n) is 3.66. The van der Waals surface area contributed by atoms with Crippen LogP contribution in [0.5, 0.6) is 0 Å². The van der Waals surface area contributed by atoms with E-state index in [0.717, 1.165) is 16.2 Å². The van der Waals surface area contributed by atoms with Crippen LogP contribution in [-0.4, -0.2) is 55.5 Å². The van der Waals surface area contributed by atoms with Crippen LogP contribution in [0.4, 0.5) is 5.69 Å². The number of rotatable bonds is 4. The maximum absolute atomic E-state index is 12.8. The summed E-state index contributed by atoms with van der Waals surface area (Å²) in [4.78, 5) is 38.2. The SMILES string of the molecule is CN1C(=O)c2cccc(NC(=O)C3CCN(S(=O)(=O)c4ccc(Cl)s4)CC3)c2C1=O. The van der Waals surface area contributed by atoms with E-state index in [0.29, 0.717) is 22.9 Å². The van der Waals surface area contributed by atoms with Crippen molar-refractivity contribution in [3.8, 4) is 0 Å². The summed E-state index contributed by atoms with van der Waals surface area (Å²) in [7, 11) is -2.23. The summed E-state index contributed by atoms with van der Waals surface area (Å²) in [6, 6.07) is 7.77. The minimum atomic E-state index is -3.63. The van der Waals surface area contributed by atoms with E-state index < -0.39 is 27.8 Å². The van der Waals surface area contributed by atoms with Crippen LogP contribution in [0.15, 0.2) is 34.5 Å². The Labute approximate surface area is 182 Å². The molecule has 1 N–H and O–H groups in total. The number of anilines is 1. The van der Waals surface area contributed by atoms with E-state index in [-0.39, 0.29) is 34.3 Å². The molecule has 0 spiro atoms. The summed E-state index contributed by atoms with van der Waals surface area (Å²) < 4.78 is 27.3. The van der Waals surface area contributed by atoms with Crippen LogP contribution in [0.1, 0.15) is 33.6 Å². The van der Waals surface area contributed by atoms with Crippen LogP contribution in [0, 0.1) is 5.92 Å². The van der Waals surface area contributed by atoms with Crippen LogP contribution in [0.2, 0.25) is 4.34 Å². The monoisotopic (exact) mass is 467 g/mol. The molecule has 1 fully saturated rings. The second-order valence-electron chi connectivity index (χ2n) is 7.12. The quantitative estimate of drug-likeness (QED) is 0.696. The van der Waals surface area contributed by atoms with Gasteiger partial charge in [0.1, 0.15) is 4.21 Å². The Morgan fingerprint density at radius 1 is 1.13 bits per heavy atom. The molecule has 0 aliphatic carbocycles. The molecule has 30 heavy (non-hydrogen) atoms. The number of amides is 3. The van der Waals surface area contributed by atoms with E-state index in [2.05, 4.69) is 5.32 Å². The summed E-state index contributed by atoms with van der Waals surface area (Å²) >= 11 is 6.85. The molecule has 4 rings (SSSR count). The van der Waals surface area contributed by atoms with Crippen molar-refractivity contribution in [2.24, 2.45) is 5.92 Å². The lowest BCUT2D eigenvalue weighted by Crippen LogP contribution is -2.41. The first kappa shape index (κ1) is 21.0. The van der Waals surface area contributed by atoms with Gasteiger partial charge >= 0.3 is 0 Å². The molecule has 0 unspecified atom stereocenters. The van der Waals surface area contributed by atoms with E-state index in [9.17, 15) is 22.8 Å². The van der Waals surface area contributed by atoms with E-state index in [4.69, 9.17) is 11.6 Å². The number of fused-ring (bicyclic) bond motifs is 1. The third-order valence-electron chi connectivity index (χ3n) is 5.34. The van der Waals surface area contributed by atoms with Crippen molar-refractivity contribution >= 4 is 56.4 Å². The second-order valence-corrected chi connectivity index (χ2v) is 11.0. The van der Waals surface area contributed by atoms with E-state index in [1.807, 2.05) is 0 Å². The summed E-state index contributed by atoms with van der Waals surface area (Å²) in [5, 5.41) is 2.75. The zero-order chi connectivity index (χ0) is 21.6. The number of nitrogens with one attached hydrogen (secondary N) is 1. The normalized spacial score (nSPS) is 18.0. The molecule has 2 aliphatic rings. The van der Waals surface area contributed by atoms with Gasteiger partial charge in [-0.1, -0.05) is 17.7 Å². The van der Waals surface area contributed by atoms with Crippen molar-refractivity contribution in [2.75, 3.05) is 25.5 Å². The van der Waals surface area contributed by atoms with Crippen LogP contribution >= 0.6 is 22.9 Å². The van der Waals surface area contributed by atoms with Gasteiger partial charge in [-0.2, -0.15) is 4.31 Å². The fraction of sp³-hybridized carbons (Fsp3) is 0.316. The molecule has 2 aliphatic heterocycles. The molecule has 0 bridgehead atoms. The average Bonchev–Trinajstić information content (AvgIpc) is 3.27. The summed E-state index contributed by atoms with van der Waals surface area (Å²) in [6.45, 7) is 0.423. The van der Waals surface area contributed by atoms with Crippen molar-refractivity contribution < 1.29 is 22.8 Å². The van der Waals surface area contributed by atoms with Crippen molar-refractivity contribution in [3.63, 3.8) is 0 Å². The highest BCUT2D eigenvalue weighted by Gasteiger charge is 2.37. The average molecular weight is 468 g/mol. The molecular weight excluding hydrogens is 450 g/mol. The van der Waals surface area contributed by atoms with Gasteiger partial charge in [0, 0.05) is 26.1 Å². The number of imide groups is 1. The Morgan fingerprint density at radius 2 is 1.83 bits per heavy atom. The standard InChI is InChI=1S/C19H18ClN3O5S2/c1-22-18(25)12-3-2-4-13(16(12)19(22)26)21-17(24)11-7-9-23(10-8-11)30(27,28)15-6-5-14(20)29-15/h2-6,11H,7-10H2,1H3,(H,21,24). The Kier molecular flexibility index (Phi) is 5.43. The number of hydrogen-bond acceptors (Lipinski definition) is 6.